The fraction of sp³-hybridized carbons (Fsp3) is 1.00. The first kappa shape index (κ1) is 12.8. The summed E-state index contributed by atoms with van der Waals surface area (Å²) in [7, 11) is 0. The molecule has 0 aliphatic carbocycles. The van der Waals surface area contributed by atoms with Crippen LogP contribution in [0.25, 0.3) is 0 Å². The van der Waals surface area contributed by atoms with Gasteiger partial charge in [-0.2, -0.15) is 0 Å². The Kier molecular flexibility index (Phi) is 9.80. The molecule has 0 saturated carbocycles. The van der Waals surface area contributed by atoms with E-state index >= 15 is 0 Å². The largest absolute Gasteiger partial charge is 0.394 e. The maximum absolute atomic E-state index is 9.24. The molecule has 0 aliphatic rings. The predicted molar refractivity (Wildman–Crippen MR) is 49.6 cm³/mol. The van der Waals surface area contributed by atoms with Crippen molar-refractivity contribution < 1.29 is 19.7 Å². The number of unbranched alkanes of at least 4 members (excludes halogenated alkanes) is 1. The molecule has 0 heterocycles. The van der Waals surface area contributed by atoms with Gasteiger partial charge in [0.15, 0.2) is 0 Å². The minimum atomic E-state index is -0.580. The number of aliphatic hydroxyl groups is 2. The number of hydrogen-bond acceptors (Lipinski definition) is 4. The van der Waals surface area contributed by atoms with Gasteiger partial charge in [-0.25, -0.2) is 0 Å². The molecule has 0 saturated heterocycles. The van der Waals surface area contributed by atoms with Crippen LogP contribution >= 0.6 is 0 Å². The van der Waals surface area contributed by atoms with Gasteiger partial charge in [0.2, 0.25) is 0 Å². The average molecular weight is 192 g/mol. The molecule has 0 aromatic carbocycles. The van der Waals surface area contributed by atoms with Crippen LogP contribution < -0.4 is 0 Å². The summed E-state index contributed by atoms with van der Waals surface area (Å²) in [5.41, 5.74) is 0. The molecule has 0 aromatic rings. The van der Waals surface area contributed by atoms with Gasteiger partial charge in [0.05, 0.1) is 26.4 Å². The van der Waals surface area contributed by atoms with Gasteiger partial charge in [0.25, 0.3) is 0 Å². The van der Waals surface area contributed by atoms with Gasteiger partial charge in [-0.3, -0.25) is 0 Å². The van der Waals surface area contributed by atoms with E-state index in [1.165, 1.54) is 0 Å². The fourth-order valence-corrected chi connectivity index (χ4v) is 0.798. The Morgan fingerprint density at radius 2 is 1.77 bits per heavy atom. The van der Waals surface area contributed by atoms with E-state index < -0.39 is 6.10 Å². The lowest BCUT2D eigenvalue weighted by atomic mass is 10.3. The third-order valence-corrected chi connectivity index (χ3v) is 1.50. The van der Waals surface area contributed by atoms with E-state index in [2.05, 4.69) is 6.92 Å². The topological polar surface area (TPSA) is 58.9 Å². The molecule has 0 rings (SSSR count). The van der Waals surface area contributed by atoms with E-state index in [0.717, 1.165) is 12.8 Å². The van der Waals surface area contributed by atoms with Crippen molar-refractivity contribution in [2.45, 2.75) is 25.9 Å². The van der Waals surface area contributed by atoms with E-state index in [0.29, 0.717) is 13.2 Å². The molecule has 1 atom stereocenters. The molecule has 0 spiro atoms. The number of aliphatic hydroxyl groups excluding tert-OH is 2. The maximum Gasteiger partial charge on any atom is 0.101 e. The van der Waals surface area contributed by atoms with Crippen molar-refractivity contribution in [3.8, 4) is 0 Å². The normalized spacial score (nSPS) is 13.2. The smallest absolute Gasteiger partial charge is 0.101 e. The molecule has 0 aromatic heterocycles. The van der Waals surface area contributed by atoms with Crippen molar-refractivity contribution in [3.05, 3.63) is 0 Å². The Morgan fingerprint density at radius 3 is 2.31 bits per heavy atom. The summed E-state index contributed by atoms with van der Waals surface area (Å²) >= 11 is 0. The number of hydrogen-bond donors (Lipinski definition) is 2. The van der Waals surface area contributed by atoms with Crippen molar-refractivity contribution >= 4 is 0 Å². The molecular formula is C9H20O4. The summed E-state index contributed by atoms with van der Waals surface area (Å²) in [6.07, 6.45) is 1.53. The predicted octanol–water partition coefficient (Wildman–Crippen LogP) is 0.173. The van der Waals surface area contributed by atoms with Crippen LogP contribution in [0, 0.1) is 0 Å². The van der Waals surface area contributed by atoms with E-state index in [4.69, 9.17) is 14.6 Å². The summed E-state index contributed by atoms with van der Waals surface area (Å²) in [5, 5.41) is 17.6. The van der Waals surface area contributed by atoms with Gasteiger partial charge in [0, 0.05) is 6.61 Å². The van der Waals surface area contributed by atoms with Gasteiger partial charge < -0.3 is 19.7 Å². The molecule has 2 N–H and O–H groups in total. The molecule has 0 radical (unpaired) electrons. The summed E-state index contributed by atoms with van der Waals surface area (Å²) < 4.78 is 10.1. The highest BCUT2D eigenvalue weighted by Crippen LogP contribution is 1.91. The fourth-order valence-electron chi connectivity index (χ4n) is 0.798. The lowest BCUT2D eigenvalue weighted by Gasteiger charge is -2.10. The zero-order valence-electron chi connectivity index (χ0n) is 8.24. The maximum atomic E-state index is 9.24. The minimum absolute atomic E-state index is 0.0105. The summed E-state index contributed by atoms with van der Waals surface area (Å²) in [6, 6.07) is 0. The molecule has 80 valence electrons. The second-order valence-corrected chi connectivity index (χ2v) is 2.88. The zero-order chi connectivity index (χ0) is 9.94. The molecule has 13 heavy (non-hydrogen) atoms. The lowest BCUT2D eigenvalue weighted by Crippen LogP contribution is -2.22. The summed E-state index contributed by atoms with van der Waals surface area (Å²) in [4.78, 5) is 0. The van der Waals surface area contributed by atoms with E-state index in [-0.39, 0.29) is 19.8 Å². The molecule has 4 nitrogen and oxygen atoms in total. The monoisotopic (exact) mass is 192 g/mol. The van der Waals surface area contributed by atoms with Crippen LogP contribution in [0.5, 0.6) is 0 Å². The third kappa shape index (κ3) is 9.76. The highest BCUT2D eigenvalue weighted by Gasteiger charge is 2.03. The van der Waals surface area contributed by atoms with Gasteiger partial charge in [-0.15, -0.1) is 0 Å². The quantitative estimate of drug-likeness (QED) is 0.511. The number of ether oxygens (including phenoxy) is 2. The Morgan fingerprint density at radius 1 is 1.15 bits per heavy atom. The van der Waals surface area contributed by atoms with Crippen LogP contribution in [0.4, 0.5) is 0 Å². The van der Waals surface area contributed by atoms with E-state index in [9.17, 15) is 5.11 Å². The Bertz CT molecular complexity index is 97.6. The van der Waals surface area contributed by atoms with Crippen LogP contribution in [0.3, 0.4) is 0 Å². The Labute approximate surface area is 79.5 Å². The van der Waals surface area contributed by atoms with Crippen molar-refractivity contribution in [2.75, 3.05) is 33.0 Å². The van der Waals surface area contributed by atoms with Crippen molar-refractivity contribution in [2.24, 2.45) is 0 Å². The summed E-state index contributed by atoms with van der Waals surface area (Å²) in [6.45, 7) is 3.57. The second-order valence-electron chi connectivity index (χ2n) is 2.88. The van der Waals surface area contributed by atoms with Gasteiger partial charge in [-0.1, -0.05) is 13.3 Å². The highest BCUT2D eigenvalue weighted by atomic mass is 16.5. The van der Waals surface area contributed by atoms with Crippen LogP contribution in [-0.4, -0.2) is 49.4 Å². The summed E-state index contributed by atoms with van der Waals surface area (Å²) in [5.74, 6) is 0. The van der Waals surface area contributed by atoms with Gasteiger partial charge in [-0.05, 0) is 6.42 Å². The average Bonchev–Trinajstić information content (AvgIpc) is 2.13. The molecular weight excluding hydrogens is 172 g/mol. The molecule has 0 amide bonds. The first-order chi connectivity index (χ1) is 6.31. The first-order valence-electron chi connectivity index (χ1n) is 4.75. The van der Waals surface area contributed by atoms with Crippen molar-refractivity contribution in [1.82, 2.24) is 0 Å². The lowest BCUT2D eigenvalue weighted by molar-refractivity contribution is -0.0254. The van der Waals surface area contributed by atoms with Crippen molar-refractivity contribution in [3.63, 3.8) is 0 Å². The minimum Gasteiger partial charge on any atom is -0.394 e. The van der Waals surface area contributed by atoms with Gasteiger partial charge >= 0.3 is 0 Å². The molecule has 4 heteroatoms. The van der Waals surface area contributed by atoms with Gasteiger partial charge in [0.1, 0.15) is 6.10 Å². The van der Waals surface area contributed by atoms with Crippen LogP contribution in [0.15, 0.2) is 0 Å². The third-order valence-electron chi connectivity index (χ3n) is 1.50. The molecule has 0 aliphatic heterocycles. The molecule has 0 fully saturated rings. The molecule has 0 bridgehead atoms. The first-order valence-corrected chi connectivity index (χ1v) is 4.75. The second kappa shape index (κ2) is 9.92. The number of rotatable bonds is 9. The van der Waals surface area contributed by atoms with E-state index in [1.807, 2.05) is 0 Å². The Hall–Kier alpha value is -0.160. The Balaban J connectivity index is 3.05. The standard InChI is InChI=1S/C9H20O4/c1-2-3-5-12-7-9(11)8-13-6-4-10/h9-11H,2-8H2,1H3. The highest BCUT2D eigenvalue weighted by molar-refractivity contribution is 4.50. The van der Waals surface area contributed by atoms with Crippen LogP contribution in [0.1, 0.15) is 19.8 Å². The zero-order valence-corrected chi connectivity index (χ0v) is 8.24. The molecule has 1 unspecified atom stereocenters. The van der Waals surface area contributed by atoms with Crippen molar-refractivity contribution in [1.29, 1.82) is 0 Å². The van der Waals surface area contributed by atoms with Crippen LogP contribution in [-0.2, 0) is 9.47 Å². The SMILES string of the molecule is CCCCOCC(O)COCCO. The van der Waals surface area contributed by atoms with Crippen LogP contribution in [0.2, 0.25) is 0 Å². The van der Waals surface area contributed by atoms with E-state index in [1.54, 1.807) is 0 Å².